The third-order valence-electron chi connectivity index (χ3n) is 2.66. The lowest BCUT2D eigenvalue weighted by molar-refractivity contribution is -0.136. The van der Waals surface area contributed by atoms with Crippen molar-refractivity contribution in [2.24, 2.45) is 0 Å². The van der Waals surface area contributed by atoms with Crippen molar-refractivity contribution in [1.29, 1.82) is 0 Å². The summed E-state index contributed by atoms with van der Waals surface area (Å²) in [4.78, 5) is 23.8. The molecule has 1 fully saturated rings. The number of methoxy groups -OCH3 is 1. The minimum absolute atomic E-state index is 0.0219. The molecule has 0 spiro atoms. The number of piperidine rings is 1. The zero-order valence-corrected chi connectivity index (χ0v) is 9.62. The first kappa shape index (κ1) is 13.8. The molecule has 1 heterocycles. The van der Waals surface area contributed by atoms with Crippen LogP contribution in [0, 0.1) is 0 Å². The monoisotopic (exact) mass is 250 g/mol. The zero-order chi connectivity index (χ0) is 12.8. The fourth-order valence-corrected chi connectivity index (χ4v) is 1.75. The Morgan fingerprint density at radius 2 is 2.00 bits per heavy atom. The molecule has 1 N–H and O–H groups in total. The summed E-state index contributed by atoms with van der Waals surface area (Å²) in [5.41, 5.74) is 0. The van der Waals surface area contributed by atoms with Gasteiger partial charge in [0.1, 0.15) is 6.61 Å². The van der Waals surface area contributed by atoms with E-state index in [4.69, 9.17) is 4.74 Å². The normalized spacial score (nSPS) is 17.3. The van der Waals surface area contributed by atoms with Crippen LogP contribution in [0.4, 0.5) is 8.78 Å². The van der Waals surface area contributed by atoms with Crippen LogP contribution in [-0.4, -0.2) is 56.0 Å². The van der Waals surface area contributed by atoms with Gasteiger partial charge in [0.15, 0.2) is 0 Å². The first-order chi connectivity index (χ1) is 8.04. The molecule has 0 atom stereocenters. The number of alkyl halides is 2. The van der Waals surface area contributed by atoms with Gasteiger partial charge in [0.05, 0.1) is 0 Å². The number of likely N-dealkylation sites (tertiary alicyclic amines) is 1. The van der Waals surface area contributed by atoms with Crippen molar-refractivity contribution in [2.45, 2.75) is 25.3 Å². The number of carbonyl (C=O) groups excluding carboxylic acids is 2. The number of ether oxygens (including phenoxy) is 1. The lowest BCUT2D eigenvalue weighted by atomic mass is 10.1. The van der Waals surface area contributed by atoms with Gasteiger partial charge in [-0.25, -0.2) is 0 Å². The van der Waals surface area contributed by atoms with Crippen LogP contribution in [0.3, 0.4) is 0 Å². The van der Waals surface area contributed by atoms with E-state index in [9.17, 15) is 18.4 Å². The van der Waals surface area contributed by atoms with Crippen molar-refractivity contribution < 1.29 is 23.1 Å². The Balaban J connectivity index is 2.31. The number of nitrogens with zero attached hydrogens (tertiary/aromatic N) is 1. The molecule has 7 heteroatoms. The lowest BCUT2D eigenvalue weighted by Gasteiger charge is -2.32. The molecule has 17 heavy (non-hydrogen) atoms. The minimum atomic E-state index is -2.98. The van der Waals surface area contributed by atoms with Crippen molar-refractivity contribution in [2.75, 3.05) is 26.8 Å². The van der Waals surface area contributed by atoms with Crippen LogP contribution in [0.15, 0.2) is 0 Å². The minimum Gasteiger partial charge on any atom is -0.375 e. The summed E-state index contributed by atoms with van der Waals surface area (Å²) in [5, 5.41) is 2.25. The molecule has 0 aromatic heterocycles. The smallest absolute Gasteiger partial charge is 0.315 e. The van der Waals surface area contributed by atoms with Crippen LogP contribution in [0.2, 0.25) is 0 Å². The van der Waals surface area contributed by atoms with E-state index in [1.54, 1.807) is 4.90 Å². The predicted molar refractivity (Wildman–Crippen MR) is 55.6 cm³/mol. The summed E-state index contributed by atoms with van der Waals surface area (Å²) in [5.74, 6) is -1.36. The van der Waals surface area contributed by atoms with Crippen LogP contribution in [0.25, 0.3) is 0 Å². The summed E-state index contributed by atoms with van der Waals surface area (Å²) in [7, 11) is 1.44. The Morgan fingerprint density at radius 3 is 2.47 bits per heavy atom. The van der Waals surface area contributed by atoms with Gasteiger partial charge >= 0.3 is 6.43 Å². The second-order valence-corrected chi connectivity index (χ2v) is 3.90. The maximum Gasteiger partial charge on any atom is 0.315 e. The number of nitrogens with one attached hydrogen (secondary N) is 1. The number of amides is 2. The fraction of sp³-hybridized carbons (Fsp3) is 0.800. The Morgan fingerprint density at radius 1 is 1.41 bits per heavy atom. The first-order valence-corrected chi connectivity index (χ1v) is 5.40. The van der Waals surface area contributed by atoms with Gasteiger partial charge in [0.25, 0.3) is 5.91 Å². The van der Waals surface area contributed by atoms with Gasteiger partial charge in [-0.2, -0.15) is 8.78 Å². The highest BCUT2D eigenvalue weighted by atomic mass is 19.3. The highest BCUT2D eigenvalue weighted by Crippen LogP contribution is 2.11. The molecule has 98 valence electrons. The van der Waals surface area contributed by atoms with E-state index < -0.39 is 12.3 Å². The van der Waals surface area contributed by atoms with Crippen molar-refractivity contribution >= 4 is 11.8 Å². The Kier molecular flexibility index (Phi) is 5.27. The van der Waals surface area contributed by atoms with Crippen LogP contribution >= 0.6 is 0 Å². The zero-order valence-electron chi connectivity index (χ0n) is 9.62. The molecule has 1 aliphatic rings. The average molecular weight is 250 g/mol. The topological polar surface area (TPSA) is 58.6 Å². The van der Waals surface area contributed by atoms with Crippen LogP contribution < -0.4 is 5.32 Å². The maximum atomic E-state index is 12.0. The third kappa shape index (κ3) is 4.26. The molecule has 5 nitrogen and oxygen atoms in total. The summed E-state index contributed by atoms with van der Waals surface area (Å²) >= 11 is 0. The van der Waals surface area contributed by atoms with E-state index in [2.05, 4.69) is 5.32 Å². The number of hydrogen-bond acceptors (Lipinski definition) is 3. The van der Waals surface area contributed by atoms with Crippen LogP contribution in [0.5, 0.6) is 0 Å². The second kappa shape index (κ2) is 6.48. The molecule has 0 aromatic carbocycles. The third-order valence-corrected chi connectivity index (χ3v) is 2.66. The molecule has 0 radical (unpaired) electrons. The van der Waals surface area contributed by atoms with Gasteiger partial charge in [-0.15, -0.1) is 0 Å². The van der Waals surface area contributed by atoms with Gasteiger partial charge in [-0.05, 0) is 12.8 Å². The fourth-order valence-electron chi connectivity index (χ4n) is 1.75. The van der Waals surface area contributed by atoms with Gasteiger partial charge < -0.3 is 15.0 Å². The molecule has 0 bridgehead atoms. The van der Waals surface area contributed by atoms with Crippen molar-refractivity contribution in [1.82, 2.24) is 10.2 Å². The van der Waals surface area contributed by atoms with Gasteiger partial charge in [0.2, 0.25) is 5.91 Å². The standard InChI is InChI=1S/C10H16F2N2O3/c1-17-6-8(15)14-4-2-7(3-5-14)13-10(16)9(11)12/h7,9H,2-6H2,1H3,(H,13,16). The Hall–Kier alpha value is -1.24. The maximum absolute atomic E-state index is 12.0. The van der Waals surface area contributed by atoms with E-state index in [1.165, 1.54) is 7.11 Å². The van der Waals surface area contributed by atoms with Crippen molar-refractivity contribution in [3.05, 3.63) is 0 Å². The van der Waals surface area contributed by atoms with Crippen molar-refractivity contribution in [3.63, 3.8) is 0 Å². The summed E-state index contributed by atoms with van der Waals surface area (Å²) in [6, 6.07) is -0.275. The van der Waals surface area contributed by atoms with Gasteiger partial charge in [-0.1, -0.05) is 0 Å². The molecule has 0 saturated carbocycles. The molecule has 0 unspecified atom stereocenters. The lowest BCUT2D eigenvalue weighted by Crippen LogP contribution is -2.48. The van der Waals surface area contributed by atoms with Gasteiger partial charge in [0, 0.05) is 26.2 Å². The quantitative estimate of drug-likeness (QED) is 0.764. The van der Waals surface area contributed by atoms with Crippen molar-refractivity contribution in [3.8, 4) is 0 Å². The van der Waals surface area contributed by atoms with E-state index in [1.807, 2.05) is 0 Å². The van der Waals surface area contributed by atoms with Crippen LogP contribution in [0.1, 0.15) is 12.8 Å². The Bertz CT molecular complexity index is 279. The molecule has 2 amide bonds. The summed E-state index contributed by atoms with van der Waals surface area (Å²) < 4.78 is 28.7. The molecular weight excluding hydrogens is 234 g/mol. The predicted octanol–water partition coefficient (Wildman–Crippen LogP) is 0.00510. The molecule has 1 saturated heterocycles. The molecule has 0 aliphatic carbocycles. The number of carbonyl (C=O) groups is 2. The number of rotatable bonds is 4. The summed E-state index contributed by atoms with van der Waals surface area (Å²) in [6.07, 6.45) is -2.00. The van der Waals surface area contributed by atoms with E-state index >= 15 is 0 Å². The highest BCUT2D eigenvalue weighted by molar-refractivity contribution is 5.79. The molecule has 1 rings (SSSR count). The van der Waals surface area contributed by atoms with E-state index in [0.29, 0.717) is 25.9 Å². The Labute approximate surface area is 98.1 Å². The largest absolute Gasteiger partial charge is 0.375 e. The molecule has 1 aliphatic heterocycles. The average Bonchev–Trinajstić information content (AvgIpc) is 2.30. The summed E-state index contributed by atoms with van der Waals surface area (Å²) in [6.45, 7) is 0.931. The second-order valence-electron chi connectivity index (χ2n) is 3.90. The number of hydrogen-bond donors (Lipinski definition) is 1. The SMILES string of the molecule is COCC(=O)N1CCC(NC(=O)C(F)F)CC1. The van der Waals surface area contributed by atoms with Crippen LogP contribution in [-0.2, 0) is 14.3 Å². The van der Waals surface area contributed by atoms with E-state index in [-0.39, 0.29) is 18.6 Å². The first-order valence-electron chi connectivity index (χ1n) is 5.40. The highest BCUT2D eigenvalue weighted by Gasteiger charge is 2.25. The van der Waals surface area contributed by atoms with Gasteiger partial charge in [-0.3, -0.25) is 9.59 Å². The van der Waals surface area contributed by atoms with E-state index in [0.717, 1.165) is 0 Å². The number of halogens is 2. The molecule has 0 aromatic rings. The molecular formula is C10H16F2N2O3.